The number of rotatable bonds is 14. The Labute approximate surface area is 272 Å². The van der Waals surface area contributed by atoms with E-state index in [9.17, 15) is 0 Å². The van der Waals surface area contributed by atoms with E-state index in [1.54, 1.807) is 0 Å². The maximum atomic E-state index is 5.19. The van der Waals surface area contributed by atoms with Gasteiger partial charge in [0.15, 0.2) is 0 Å². The van der Waals surface area contributed by atoms with Crippen molar-refractivity contribution in [3.8, 4) is 0 Å². The highest BCUT2D eigenvalue weighted by Gasteiger charge is 2.09. The lowest BCUT2D eigenvalue weighted by Crippen LogP contribution is -1.96. The van der Waals surface area contributed by atoms with Crippen LogP contribution in [0, 0.1) is 0 Å². The summed E-state index contributed by atoms with van der Waals surface area (Å²) in [7, 11) is 0. The Balaban J connectivity index is 1.40. The van der Waals surface area contributed by atoms with Crippen molar-refractivity contribution >= 4 is 35.2 Å². The Morgan fingerprint density at radius 1 is 0.467 bits per heavy atom. The zero-order chi connectivity index (χ0) is 32.3. The molecule has 0 saturated carbocycles. The lowest BCUT2D eigenvalue weighted by atomic mass is 9.92. The topological polar surface area (TPSA) is 52.9 Å². The molecule has 0 fully saturated rings. The van der Waals surface area contributed by atoms with Gasteiger partial charge in [-0.2, -0.15) is 0 Å². The molecule has 0 aromatic heterocycles. The molecule has 4 heteroatoms. The van der Waals surface area contributed by atoms with E-state index in [4.69, 9.17) is 20.6 Å². The van der Waals surface area contributed by atoms with E-state index in [-0.39, 0.29) is 0 Å². The maximum absolute atomic E-state index is 5.19. The van der Waals surface area contributed by atoms with Crippen molar-refractivity contribution in [2.45, 2.75) is 85.5 Å². The first-order valence-electron chi connectivity index (χ1n) is 16.5. The molecule has 0 radical (unpaired) electrons. The van der Waals surface area contributed by atoms with Crippen LogP contribution in [0.5, 0.6) is 0 Å². The molecule has 0 saturated heterocycles. The van der Waals surface area contributed by atoms with Gasteiger partial charge >= 0.3 is 0 Å². The van der Waals surface area contributed by atoms with Crippen LogP contribution < -0.4 is 0 Å². The molecule has 0 aliphatic rings. The normalized spacial score (nSPS) is 12.0. The summed E-state index contributed by atoms with van der Waals surface area (Å²) in [5.74, 6) is 1.60. The zero-order valence-corrected chi connectivity index (χ0v) is 28.5. The molecule has 0 unspecified atom stereocenters. The lowest BCUT2D eigenvalue weighted by molar-refractivity contribution is 0.840. The molecule has 4 nitrogen and oxygen atoms in total. The molecular weight excluding hydrogens is 548 g/mol. The van der Waals surface area contributed by atoms with Gasteiger partial charge in [-0.3, -0.25) is 9.98 Å². The number of aliphatic imine (C=N–C) groups is 2. The van der Waals surface area contributed by atoms with Gasteiger partial charge in [0.2, 0.25) is 0 Å². The van der Waals surface area contributed by atoms with Crippen LogP contribution in [0.25, 0.3) is 10.6 Å². The third kappa shape index (κ3) is 8.94. The second kappa shape index (κ2) is 16.2. The molecule has 4 aromatic rings. The Kier molecular flexibility index (Phi) is 12.2. The summed E-state index contributed by atoms with van der Waals surface area (Å²) in [6.07, 6.45) is 4.79. The number of hydrogen-bond donors (Lipinski definition) is 0. The predicted octanol–water partition coefficient (Wildman–Crippen LogP) is 12.8. The molecule has 4 rings (SSSR count). The molecule has 45 heavy (non-hydrogen) atoms. The average molecular weight is 599 g/mol. The smallest absolute Gasteiger partial charge is 0.0407 e. The molecule has 0 amide bonds. The number of benzene rings is 4. The van der Waals surface area contributed by atoms with Gasteiger partial charge in [0.1, 0.15) is 0 Å². The number of hydrogen-bond acceptors (Lipinski definition) is 2. The van der Waals surface area contributed by atoms with E-state index < -0.39 is 0 Å². The number of para-hydroxylation sites is 4. The molecule has 0 aliphatic carbocycles. The number of nitrogens with zero attached hydrogens (tertiary/aromatic N) is 4. The molecule has 0 spiro atoms. The van der Waals surface area contributed by atoms with Crippen molar-refractivity contribution in [3.63, 3.8) is 0 Å². The second-order valence-corrected chi connectivity index (χ2v) is 13.0. The third-order valence-electron chi connectivity index (χ3n) is 8.06. The molecular formula is C41H50N4-2. The van der Waals surface area contributed by atoms with Gasteiger partial charge in [0.05, 0.1) is 0 Å². The summed E-state index contributed by atoms with van der Waals surface area (Å²) in [4.78, 5) is 9.50. The fourth-order valence-corrected chi connectivity index (χ4v) is 5.50. The lowest BCUT2D eigenvalue weighted by Gasteiger charge is -2.33. The highest BCUT2D eigenvalue weighted by molar-refractivity contribution is 5.92. The molecule has 0 bridgehead atoms. The van der Waals surface area contributed by atoms with Crippen LogP contribution in [0.4, 0.5) is 22.7 Å². The Hall–Kier alpha value is -4.18. The van der Waals surface area contributed by atoms with E-state index in [2.05, 4.69) is 128 Å². The minimum absolute atomic E-state index is 0.401. The highest BCUT2D eigenvalue weighted by atomic mass is 14.9. The highest BCUT2D eigenvalue weighted by Crippen LogP contribution is 2.44. The maximum Gasteiger partial charge on any atom is 0.0407 e. The summed E-state index contributed by atoms with van der Waals surface area (Å²) < 4.78 is 0. The summed E-state index contributed by atoms with van der Waals surface area (Å²) in [6, 6.07) is 29.7. The quantitative estimate of drug-likeness (QED) is 0.102. The van der Waals surface area contributed by atoms with Gasteiger partial charge in [-0.1, -0.05) is 163 Å². The SMILES string of the molecule is CC(C)c1cccc(C(C)C)c1[N-]c1ccccc1C=NCCCN=Cc1ccccc1[N-]c1c(C(C)C)cccc1C(C)C. The second-order valence-electron chi connectivity index (χ2n) is 13.0. The average Bonchev–Trinajstić information content (AvgIpc) is 3.01. The van der Waals surface area contributed by atoms with Gasteiger partial charge in [0, 0.05) is 25.5 Å². The summed E-state index contributed by atoms with van der Waals surface area (Å²) in [5, 5.41) is 10.4. The van der Waals surface area contributed by atoms with Gasteiger partial charge in [0.25, 0.3) is 0 Å². The van der Waals surface area contributed by atoms with Crippen LogP contribution >= 0.6 is 0 Å². The predicted molar refractivity (Wildman–Crippen MR) is 197 cm³/mol. The minimum atomic E-state index is 0.401. The first kappa shape index (κ1) is 33.7. The fourth-order valence-electron chi connectivity index (χ4n) is 5.50. The van der Waals surface area contributed by atoms with E-state index in [1.165, 1.54) is 22.3 Å². The molecule has 0 N–H and O–H groups in total. The Bertz CT molecular complexity index is 1420. The Morgan fingerprint density at radius 3 is 1.13 bits per heavy atom. The minimum Gasteiger partial charge on any atom is -0.657 e. The van der Waals surface area contributed by atoms with Crippen molar-refractivity contribution in [3.05, 3.63) is 129 Å². The molecule has 0 heterocycles. The molecule has 0 aliphatic heterocycles. The monoisotopic (exact) mass is 598 g/mol. The van der Waals surface area contributed by atoms with Gasteiger partial charge in [-0.15, -0.1) is 22.7 Å². The standard InChI is InChI=1S/C41H50N4/c1-28(2)34-18-13-19-35(29(3)4)40(34)44-38-22-11-9-16-32(38)26-42-24-15-25-43-27-33-17-10-12-23-39(33)45-41-36(30(5)6)20-14-21-37(41)31(7)8/h9-14,16-23,26-31H,15,24-25H2,1-8H3/q-2. The summed E-state index contributed by atoms with van der Waals surface area (Å²) in [6.45, 7) is 19.3. The first-order valence-corrected chi connectivity index (χ1v) is 16.5. The van der Waals surface area contributed by atoms with Crippen molar-refractivity contribution in [1.82, 2.24) is 0 Å². The van der Waals surface area contributed by atoms with Gasteiger partial charge in [-0.25, -0.2) is 0 Å². The van der Waals surface area contributed by atoms with E-state index in [1.807, 2.05) is 24.6 Å². The summed E-state index contributed by atoms with van der Waals surface area (Å²) in [5.41, 5.74) is 11.3. The van der Waals surface area contributed by atoms with Crippen LogP contribution in [-0.2, 0) is 0 Å². The van der Waals surface area contributed by atoms with Crippen LogP contribution in [0.3, 0.4) is 0 Å². The third-order valence-corrected chi connectivity index (χ3v) is 8.06. The van der Waals surface area contributed by atoms with Crippen LogP contribution in [0.2, 0.25) is 0 Å². The van der Waals surface area contributed by atoms with Crippen molar-refractivity contribution in [1.29, 1.82) is 0 Å². The largest absolute Gasteiger partial charge is 0.657 e. The van der Waals surface area contributed by atoms with Gasteiger partial charge in [-0.05, 0) is 41.2 Å². The fraction of sp³-hybridized carbons (Fsp3) is 0.366. The summed E-state index contributed by atoms with van der Waals surface area (Å²) >= 11 is 0. The van der Waals surface area contributed by atoms with E-state index in [0.717, 1.165) is 40.3 Å². The molecule has 4 aromatic carbocycles. The van der Waals surface area contributed by atoms with Crippen molar-refractivity contribution in [2.24, 2.45) is 9.98 Å². The van der Waals surface area contributed by atoms with E-state index in [0.29, 0.717) is 36.8 Å². The van der Waals surface area contributed by atoms with Crippen molar-refractivity contribution < 1.29 is 0 Å². The van der Waals surface area contributed by atoms with Gasteiger partial charge < -0.3 is 10.6 Å². The molecule has 0 atom stereocenters. The van der Waals surface area contributed by atoms with Crippen LogP contribution in [-0.4, -0.2) is 25.5 Å². The first-order chi connectivity index (χ1) is 21.7. The Morgan fingerprint density at radius 2 is 0.800 bits per heavy atom. The van der Waals surface area contributed by atoms with Crippen LogP contribution in [0.1, 0.15) is 119 Å². The van der Waals surface area contributed by atoms with Crippen LogP contribution in [0.15, 0.2) is 94.9 Å². The van der Waals surface area contributed by atoms with Crippen molar-refractivity contribution in [2.75, 3.05) is 13.1 Å². The molecule has 236 valence electrons. The zero-order valence-electron chi connectivity index (χ0n) is 28.5. The van der Waals surface area contributed by atoms with E-state index >= 15 is 0 Å².